The van der Waals surface area contributed by atoms with E-state index in [0.717, 1.165) is 0 Å². The maximum atomic E-state index is 11.9. The second-order valence-corrected chi connectivity index (χ2v) is 5.88. The normalized spacial score (nSPS) is 38.5. The minimum absolute atomic E-state index is 0.0134. The first-order valence-corrected chi connectivity index (χ1v) is 6.36. The molecule has 0 aromatic rings. The number of hydrogen-bond acceptors (Lipinski definition) is 5. The van der Waals surface area contributed by atoms with Crippen molar-refractivity contribution >= 4 is 5.78 Å². The second kappa shape index (κ2) is 4.44. The van der Waals surface area contributed by atoms with Crippen molar-refractivity contribution in [2.45, 2.75) is 50.1 Å². The van der Waals surface area contributed by atoms with Gasteiger partial charge in [-0.05, 0) is 20.3 Å². The van der Waals surface area contributed by atoms with Gasteiger partial charge in [-0.2, -0.15) is 0 Å². The van der Waals surface area contributed by atoms with E-state index in [1.807, 2.05) is 0 Å². The molecule has 106 valence electrons. The zero-order valence-corrected chi connectivity index (χ0v) is 11.2. The lowest BCUT2D eigenvalue weighted by molar-refractivity contribution is -0.151. The molecule has 1 fully saturated rings. The molecule has 1 heterocycles. The summed E-state index contributed by atoms with van der Waals surface area (Å²) in [5.74, 6) is -0.708. The smallest absolute Gasteiger partial charge is 0.193 e. The first-order chi connectivity index (χ1) is 8.70. The lowest BCUT2D eigenvalue weighted by Gasteiger charge is -2.36. The van der Waals surface area contributed by atoms with Crippen LogP contribution in [0.15, 0.2) is 24.5 Å². The molecule has 1 saturated heterocycles. The molecule has 0 saturated carbocycles. The number of hydrogen-bond donors (Lipinski definition) is 3. The molecule has 0 bridgehead atoms. The monoisotopic (exact) mass is 268 g/mol. The summed E-state index contributed by atoms with van der Waals surface area (Å²) in [5.41, 5.74) is -2.91. The summed E-state index contributed by atoms with van der Waals surface area (Å²) in [7, 11) is 0. The largest absolute Gasteiger partial charge is 0.491 e. The molecule has 5 heteroatoms. The van der Waals surface area contributed by atoms with Crippen LogP contribution in [0.25, 0.3) is 0 Å². The van der Waals surface area contributed by atoms with Crippen LogP contribution in [0, 0.1) is 5.92 Å². The molecule has 0 unspecified atom stereocenters. The molecule has 2 rings (SSSR count). The van der Waals surface area contributed by atoms with Crippen molar-refractivity contribution in [3.05, 3.63) is 24.5 Å². The zero-order valence-electron chi connectivity index (χ0n) is 11.2. The lowest BCUT2D eigenvalue weighted by Crippen LogP contribution is -2.54. The summed E-state index contributed by atoms with van der Waals surface area (Å²) in [6.45, 7) is 6.71. The third-order valence-corrected chi connectivity index (χ3v) is 3.93. The van der Waals surface area contributed by atoms with Crippen LogP contribution >= 0.6 is 0 Å². The van der Waals surface area contributed by atoms with E-state index in [-0.39, 0.29) is 6.42 Å². The molecule has 2 aliphatic rings. The van der Waals surface area contributed by atoms with E-state index in [2.05, 4.69) is 6.58 Å². The van der Waals surface area contributed by atoms with Gasteiger partial charge in [0.2, 0.25) is 0 Å². The van der Waals surface area contributed by atoms with Gasteiger partial charge < -0.3 is 20.1 Å². The second-order valence-electron chi connectivity index (χ2n) is 5.88. The summed E-state index contributed by atoms with van der Waals surface area (Å²) in [6.07, 6.45) is 1.24. The van der Waals surface area contributed by atoms with Gasteiger partial charge in [-0.15, -0.1) is 6.58 Å². The van der Waals surface area contributed by atoms with Crippen LogP contribution in [0.2, 0.25) is 0 Å². The molecule has 0 amide bonds. The van der Waals surface area contributed by atoms with Crippen LogP contribution in [-0.2, 0) is 9.53 Å². The van der Waals surface area contributed by atoms with Crippen molar-refractivity contribution in [3.8, 4) is 0 Å². The Hall–Kier alpha value is -1.17. The van der Waals surface area contributed by atoms with Gasteiger partial charge in [0, 0.05) is 18.4 Å². The minimum Gasteiger partial charge on any atom is -0.491 e. The van der Waals surface area contributed by atoms with Crippen LogP contribution in [-0.4, -0.2) is 44.5 Å². The van der Waals surface area contributed by atoms with Crippen LogP contribution in [0.3, 0.4) is 0 Å². The molecule has 19 heavy (non-hydrogen) atoms. The summed E-state index contributed by atoms with van der Waals surface area (Å²) in [5, 5.41) is 30.5. The Balaban J connectivity index is 2.30. The fourth-order valence-corrected chi connectivity index (χ4v) is 2.68. The van der Waals surface area contributed by atoms with Gasteiger partial charge in [-0.1, -0.05) is 6.08 Å². The number of aliphatic hydroxyl groups is 3. The van der Waals surface area contributed by atoms with E-state index < -0.39 is 35.1 Å². The Morgan fingerprint density at radius 2 is 2.26 bits per heavy atom. The third-order valence-electron chi connectivity index (χ3n) is 3.93. The van der Waals surface area contributed by atoms with Gasteiger partial charge in [0.15, 0.2) is 11.4 Å². The highest BCUT2D eigenvalue weighted by Gasteiger charge is 2.54. The van der Waals surface area contributed by atoms with Crippen molar-refractivity contribution in [2.24, 2.45) is 5.92 Å². The van der Waals surface area contributed by atoms with Crippen LogP contribution in [0.4, 0.5) is 0 Å². The fraction of sp³-hybridized carbons (Fsp3) is 0.643. The van der Waals surface area contributed by atoms with E-state index in [1.54, 1.807) is 13.8 Å². The number of carbonyl (C=O) groups excluding carboxylic acids is 1. The summed E-state index contributed by atoms with van der Waals surface area (Å²) >= 11 is 0. The average Bonchev–Trinajstić information content (AvgIpc) is 2.70. The number of ketones is 1. The SMILES string of the molecule is C=CC[C@]1(O)C(=O)C=C2O[C@H](C(C)(C)O)C[C@H]2[C@H]1O. The van der Waals surface area contributed by atoms with Gasteiger partial charge in [0.1, 0.15) is 18.0 Å². The average molecular weight is 268 g/mol. The Morgan fingerprint density at radius 3 is 2.79 bits per heavy atom. The highest BCUT2D eigenvalue weighted by Crippen LogP contribution is 2.43. The number of fused-ring (bicyclic) bond motifs is 1. The maximum absolute atomic E-state index is 11.9. The molecule has 0 aromatic heterocycles. The zero-order chi connectivity index (χ0) is 14.4. The summed E-state index contributed by atoms with van der Waals surface area (Å²) in [4.78, 5) is 11.9. The molecule has 0 radical (unpaired) electrons. The van der Waals surface area contributed by atoms with Crippen molar-refractivity contribution in [3.63, 3.8) is 0 Å². The summed E-state index contributed by atoms with van der Waals surface area (Å²) in [6, 6.07) is 0. The predicted molar refractivity (Wildman–Crippen MR) is 68.1 cm³/mol. The van der Waals surface area contributed by atoms with E-state index in [9.17, 15) is 20.1 Å². The van der Waals surface area contributed by atoms with Crippen LogP contribution in [0.5, 0.6) is 0 Å². The van der Waals surface area contributed by atoms with Gasteiger partial charge in [-0.3, -0.25) is 4.79 Å². The van der Waals surface area contributed by atoms with Crippen molar-refractivity contribution in [1.82, 2.24) is 0 Å². The molecule has 4 atom stereocenters. The van der Waals surface area contributed by atoms with E-state index in [0.29, 0.717) is 12.2 Å². The van der Waals surface area contributed by atoms with Gasteiger partial charge in [-0.25, -0.2) is 0 Å². The van der Waals surface area contributed by atoms with E-state index in [4.69, 9.17) is 4.74 Å². The molecular formula is C14H20O5. The predicted octanol–water partition coefficient (Wildman–Crippen LogP) is 0.297. The number of ether oxygens (including phenoxy) is 1. The first-order valence-electron chi connectivity index (χ1n) is 6.36. The highest BCUT2D eigenvalue weighted by molar-refractivity contribution is 5.99. The Bertz CT molecular complexity index is 434. The van der Waals surface area contributed by atoms with Crippen LogP contribution < -0.4 is 0 Å². The quantitative estimate of drug-likeness (QED) is 0.641. The molecule has 3 N–H and O–H groups in total. The first kappa shape index (κ1) is 14.2. The Kier molecular flexibility index (Phi) is 3.33. The molecular weight excluding hydrogens is 248 g/mol. The number of carbonyl (C=O) groups is 1. The van der Waals surface area contributed by atoms with E-state index >= 15 is 0 Å². The van der Waals surface area contributed by atoms with Gasteiger partial charge >= 0.3 is 0 Å². The van der Waals surface area contributed by atoms with Crippen LogP contribution in [0.1, 0.15) is 26.7 Å². The Morgan fingerprint density at radius 1 is 1.63 bits per heavy atom. The maximum Gasteiger partial charge on any atom is 0.193 e. The number of aliphatic hydroxyl groups excluding tert-OH is 1. The third kappa shape index (κ3) is 2.22. The van der Waals surface area contributed by atoms with Crippen molar-refractivity contribution in [2.75, 3.05) is 0 Å². The molecule has 0 spiro atoms. The summed E-state index contributed by atoms with van der Waals surface area (Å²) < 4.78 is 5.54. The minimum atomic E-state index is -1.84. The van der Waals surface area contributed by atoms with Gasteiger partial charge in [0.05, 0.1) is 5.60 Å². The Labute approximate surface area is 112 Å². The topological polar surface area (TPSA) is 87.0 Å². The molecule has 0 aromatic carbocycles. The number of rotatable bonds is 3. The van der Waals surface area contributed by atoms with Gasteiger partial charge in [0.25, 0.3) is 0 Å². The fourth-order valence-electron chi connectivity index (χ4n) is 2.68. The van der Waals surface area contributed by atoms with Crippen molar-refractivity contribution in [1.29, 1.82) is 0 Å². The molecule has 5 nitrogen and oxygen atoms in total. The van der Waals surface area contributed by atoms with E-state index in [1.165, 1.54) is 12.2 Å². The highest BCUT2D eigenvalue weighted by atomic mass is 16.5. The van der Waals surface area contributed by atoms with Crippen molar-refractivity contribution < 1.29 is 24.9 Å². The molecule has 1 aliphatic carbocycles. The molecule has 1 aliphatic heterocycles. The standard InChI is InChI=1S/C14H20O5/c1-4-5-14(18)10(15)7-9-8(12(14)16)6-11(19-9)13(2,3)17/h4,7-8,11-12,16-18H,1,5-6H2,2-3H3/t8-,11+,12-,14+/m1/s1. The lowest BCUT2D eigenvalue weighted by atomic mass is 9.74.